The van der Waals surface area contributed by atoms with Crippen LogP contribution in [0.1, 0.15) is 11.1 Å². The third-order valence-corrected chi connectivity index (χ3v) is 3.68. The van der Waals surface area contributed by atoms with Crippen molar-refractivity contribution < 1.29 is 10.2 Å². The topological polar surface area (TPSA) is 55.7 Å². The fourth-order valence-electron chi connectivity index (χ4n) is 2.43. The number of nitrogens with zero attached hydrogens (tertiary/aromatic N) is 1. The Morgan fingerprint density at radius 1 is 1.28 bits per heavy atom. The molecule has 0 saturated carbocycles. The molecule has 1 fully saturated rings. The predicted octanol–water partition coefficient (Wildman–Crippen LogP) is 0.122. The third kappa shape index (κ3) is 3.09. The van der Waals surface area contributed by atoms with Gasteiger partial charge in [0.15, 0.2) is 0 Å². The minimum absolute atomic E-state index is 0.108. The lowest BCUT2D eigenvalue weighted by molar-refractivity contribution is 0.0588. The van der Waals surface area contributed by atoms with Gasteiger partial charge < -0.3 is 15.5 Å². The summed E-state index contributed by atoms with van der Waals surface area (Å²) in [6.45, 7) is 4.73. The first-order valence-corrected chi connectivity index (χ1v) is 6.48. The van der Waals surface area contributed by atoms with E-state index >= 15 is 0 Å². The minimum Gasteiger partial charge on any atom is -0.395 e. The van der Waals surface area contributed by atoms with Crippen LogP contribution in [-0.2, 0) is 6.54 Å². The van der Waals surface area contributed by atoms with Gasteiger partial charge in [0, 0.05) is 31.7 Å². The van der Waals surface area contributed by atoms with Crippen LogP contribution in [0.25, 0.3) is 0 Å². The quantitative estimate of drug-likeness (QED) is 0.710. The molecule has 0 aromatic heterocycles. The average Bonchev–Trinajstić information content (AvgIpc) is 2.41. The maximum Gasteiger partial charge on any atom is 0.0599 e. The molecule has 1 aliphatic rings. The van der Waals surface area contributed by atoms with Crippen molar-refractivity contribution in [3.05, 3.63) is 35.4 Å². The first-order chi connectivity index (χ1) is 8.74. The molecule has 1 heterocycles. The highest BCUT2D eigenvalue weighted by Crippen LogP contribution is 2.15. The number of piperazine rings is 1. The largest absolute Gasteiger partial charge is 0.395 e. The number of benzene rings is 1. The van der Waals surface area contributed by atoms with E-state index in [1.165, 1.54) is 11.1 Å². The van der Waals surface area contributed by atoms with Crippen LogP contribution in [0.3, 0.4) is 0 Å². The summed E-state index contributed by atoms with van der Waals surface area (Å²) in [5.74, 6) is 0. The van der Waals surface area contributed by atoms with Gasteiger partial charge in [-0.15, -0.1) is 0 Å². The van der Waals surface area contributed by atoms with Crippen LogP contribution < -0.4 is 5.32 Å². The van der Waals surface area contributed by atoms with E-state index in [0.29, 0.717) is 0 Å². The fourth-order valence-corrected chi connectivity index (χ4v) is 2.43. The van der Waals surface area contributed by atoms with Gasteiger partial charge in [-0.25, -0.2) is 0 Å². The lowest BCUT2D eigenvalue weighted by Crippen LogP contribution is -2.58. The van der Waals surface area contributed by atoms with Gasteiger partial charge in [0.25, 0.3) is 0 Å². The van der Waals surface area contributed by atoms with Crippen molar-refractivity contribution in [3.63, 3.8) is 0 Å². The maximum absolute atomic E-state index is 9.42. The van der Waals surface area contributed by atoms with E-state index in [2.05, 4.69) is 29.3 Å². The van der Waals surface area contributed by atoms with E-state index < -0.39 is 0 Å². The van der Waals surface area contributed by atoms with Gasteiger partial charge in [-0.3, -0.25) is 4.90 Å². The highest BCUT2D eigenvalue weighted by atomic mass is 16.3. The molecule has 1 aromatic rings. The fraction of sp³-hybridized carbons (Fsp3) is 0.571. The first kappa shape index (κ1) is 13.5. The molecule has 4 heteroatoms. The molecule has 3 N–H and O–H groups in total. The minimum atomic E-state index is 0.108. The van der Waals surface area contributed by atoms with E-state index in [1.54, 1.807) is 0 Å². The molecule has 1 aliphatic heterocycles. The zero-order valence-corrected chi connectivity index (χ0v) is 10.8. The standard InChI is InChI=1S/C14H22N2O2/c1-11-4-2-3-5-12(11)7-16-8-13(9-17)15-6-14(16)10-18/h2-5,13-15,17-18H,6-10H2,1H3. The van der Waals surface area contributed by atoms with Gasteiger partial charge in [0.05, 0.1) is 13.2 Å². The summed E-state index contributed by atoms with van der Waals surface area (Å²) in [5, 5.41) is 21.9. The summed E-state index contributed by atoms with van der Waals surface area (Å²) < 4.78 is 0. The molecular formula is C14H22N2O2. The van der Waals surface area contributed by atoms with E-state index in [9.17, 15) is 10.2 Å². The molecule has 2 atom stereocenters. The molecule has 0 radical (unpaired) electrons. The number of hydrogen-bond acceptors (Lipinski definition) is 4. The number of aliphatic hydroxyl groups excluding tert-OH is 2. The molecule has 1 aromatic carbocycles. The molecule has 0 bridgehead atoms. The van der Waals surface area contributed by atoms with Gasteiger partial charge in [0.2, 0.25) is 0 Å². The molecule has 100 valence electrons. The zero-order valence-electron chi connectivity index (χ0n) is 10.8. The second kappa shape index (κ2) is 6.29. The van der Waals surface area contributed by atoms with Gasteiger partial charge in [-0.05, 0) is 18.1 Å². The molecule has 0 amide bonds. The summed E-state index contributed by atoms with van der Waals surface area (Å²) >= 11 is 0. The molecule has 2 rings (SSSR count). The van der Waals surface area contributed by atoms with Crippen molar-refractivity contribution in [1.82, 2.24) is 10.2 Å². The van der Waals surface area contributed by atoms with Crippen LogP contribution >= 0.6 is 0 Å². The maximum atomic E-state index is 9.42. The van der Waals surface area contributed by atoms with Crippen LogP contribution in [0, 0.1) is 6.92 Å². The Labute approximate surface area is 108 Å². The second-order valence-corrected chi connectivity index (χ2v) is 4.98. The number of aliphatic hydroxyl groups is 2. The van der Waals surface area contributed by atoms with E-state index in [0.717, 1.165) is 19.6 Å². The van der Waals surface area contributed by atoms with Crippen molar-refractivity contribution in [2.75, 3.05) is 26.3 Å². The third-order valence-electron chi connectivity index (χ3n) is 3.68. The van der Waals surface area contributed by atoms with Gasteiger partial charge >= 0.3 is 0 Å². The highest BCUT2D eigenvalue weighted by Gasteiger charge is 2.27. The van der Waals surface area contributed by atoms with Crippen molar-refractivity contribution in [2.24, 2.45) is 0 Å². The molecule has 0 spiro atoms. The first-order valence-electron chi connectivity index (χ1n) is 6.48. The zero-order chi connectivity index (χ0) is 13.0. The molecule has 2 unspecified atom stereocenters. The molecule has 18 heavy (non-hydrogen) atoms. The summed E-state index contributed by atoms with van der Waals surface area (Å²) in [4.78, 5) is 2.25. The SMILES string of the molecule is Cc1ccccc1CN1CC(CO)NCC1CO. The van der Waals surface area contributed by atoms with Crippen LogP contribution in [0.4, 0.5) is 0 Å². The summed E-state index contributed by atoms with van der Waals surface area (Å²) in [5.41, 5.74) is 2.56. The summed E-state index contributed by atoms with van der Waals surface area (Å²) in [6.07, 6.45) is 0. The average molecular weight is 250 g/mol. The smallest absolute Gasteiger partial charge is 0.0599 e. The predicted molar refractivity (Wildman–Crippen MR) is 71.3 cm³/mol. The highest BCUT2D eigenvalue weighted by molar-refractivity contribution is 5.25. The van der Waals surface area contributed by atoms with Crippen LogP contribution in [0.2, 0.25) is 0 Å². The van der Waals surface area contributed by atoms with Crippen molar-refractivity contribution in [2.45, 2.75) is 25.6 Å². The van der Waals surface area contributed by atoms with Crippen LogP contribution in [-0.4, -0.2) is 53.5 Å². The lowest BCUT2D eigenvalue weighted by Gasteiger charge is -2.39. The Balaban J connectivity index is 2.07. The lowest BCUT2D eigenvalue weighted by atomic mass is 10.0. The monoisotopic (exact) mass is 250 g/mol. The normalized spacial score (nSPS) is 25.3. The van der Waals surface area contributed by atoms with Gasteiger partial charge in [-0.1, -0.05) is 24.3 Å². The van der Waals surface area contributed by atoms with E-state index in [-0.39, 0.29) is 25.3 Å². The Kier molecular flexibility index (Phi) is 4.72. The van der Waals surface area contributed by atoms with Crippen LogP contribution in [0.15, 0.2) is 24.3 Å². The summed E-state index contributed by atoms with van der Waals surface area (Å²) in [6, 6.07) is 8.55. The molecule has 1 saturated heterocycles. The molecule has 0 aliphatic carbocycles. The molecule has 4 nitrogen and oxygen atoms in total. The Bertz CT molecular complexity index is 384. The number of hydrogen-bond donors (Lipinski definition) is 3. The van der Waals surface area contributed by atoms with Gasteiger partial charge in [-0.2, -0.15) is 0 Å². The second-order valence-electron chi connectivity index (χ2n) is 4.98. The Morgan fingerprint density at radius 2 is 2.06 bits per heavy atom. The van der Waals surface area contributed by atoms with Gasteiger partial charge in [0.1, 0.15) is 0 Å². The molecular weight excluding hydrogens is 228 g/mol. The Morgan fingerprint density at radius 3 is 2.72 bits per heavy atom. The number of aryl methyl sites for hydroxylation is 1. The number of rotatable bonds is 4. The van der Waals surface area contributed by atoms with Crippen molar-refractivity contribution in [3.8, 4) is 0 Å². The van der Waals surface area contributed by atoms with Crippen molar-refractivity contribution >= 4 is 0 Å². The van der Waals surface area contributed by atoms with E-state index in [4.69, 9.17) is 0 Å². The Hall–Kier alpha value is -0.940. The van der Waals surface area contributed by atoms with E-state index in [1.807, 2.05) is 12.1 Å². The van der Waals surface area contributed by atoms with Crippen molar-refractivity contribution in [1.29, 1.82) is 0 Å². The number of nitrogens with one attached hydrogen (secondary N) is 1. The summed E-state index contributed by atoms with van der Waals surface area (Å²) in [7, 11) is 0. The van der Waals surface area contributed by atoms with Crippen LogP contribution in [0.5, 0.6) is 0 Å².